The summed E-state index contributed by atoms with van der Waals surface area (Å²) in [6.45, 7) is 5.32. The van der Waals surface area contributed by atoms with E-state index >= 15 is 0 Å². The predicted octanol–water partition coefficient (Wildman–Crippen LogP) is 1.02. The van der Waals surface area contributed by atoms with E-state index < -0.39 is 0 Å². The molecule has 0 aliphatic heterocycles. The van der Waals surface area contributed by atoms with Crippen molar-refractivity contribution in [1.82, 2.24) is 19.8 Å². The Morgan fingerprint density at radius 3 is 2.60 bits per heavy atom. The number of nitrogens with one attached hydrogen (secondary N) is 1. The largest absolute Gasteiger partial charge is 0.337 e. The molecule has 1 heterocycles. The lowest BCUT2D eigenvalue weighted by Crippen LogP contribution is -2.37. The molecular formula is C11H22N4. The highest BCUT2D eigenvalue weighted by Gasteiger charge is 2.11. The van der Waals surface area contributed by atoms with Gasteiger partial charge in [0.1, 0.15) is 5.82 Å². The van der Waals surface area contributed by atoms with Crippen LogP contribution in [0.2, 0.25) is 0 Å². The number of aryl methyl sites for hydroxylation is 1. The van der Waals surface area contributed by atoms with E-state index in [1.807, 2.05) is 19.4 Å². The molecule has 0 fully saturated rings. The molecule has 0 aliphatic rings. The van der Waals surface area contributed by atoms with Crippen molar-refractivity contribution in [3.63, 3.8) is 0 Å². The van der Waals surface area contributed by atoms with Gasteiger partial charge in [-0.1, -0.05) is 0 Å². The van der Waals surface area contributed by atoms with Crippen molar-refractivity contribution in [3.8, 4) is 0 Å². The van der Waals surface area contributed by atoms with Gasteiger partial charge in [-0.05, 0) is 27.9 Å². The van der Waals surface area contributed by atoms with Gasteiger partial charge in [0.05, 0.1) is 6.04 Å². The van der Waals surface area contributed by atoms with Gasteiger partial charge in [0.15, 0.2) is 0 Å². The van der Waals surface area contributed by atoms with E-state index in [-0.39, 0.29) is 0 Å². The molecule has 1 aromatic rings. The third kappa shape index (κ3) is 3.32. The first-order valence-corrected chi connectivity index (χ1v) is 5.39. The van der Waals surface area contributed by atoms with E-state index in [4.69, 9.17) is 0 Å². The van der Waals surface area contributed by atoms with Crippen LogP contribution in [0.15, 0.2) is 12.4 Å². The minimum Gasteiger partial charge on any atom is -0.337 e. The van der Waals surface area contributed by atoms with Crippen LogP contribution in [0, 0.1) is 0 Å². The summed E-state index contributed by atoms with van der Waals surface area (Å²) < 4.78 is 2.05. The van der Waals surface area contributed by atoms with Gasteiger partial charge < -0.3 is 14.8 Å². The number of aromatic nitrogens is 2. The summed E-state index contributed by atoms with van der Waals surface area (Å²) in [7, 11) is 6.21. The highest BCUT2D eigenvalue weighted by atomic mass is 15.1. The van der Waals surface area contributed by atoms with Crippen molar-refractivity contribution in [2.45, 2.75) is 25.9 Å². The fourth-order valence-corrected chi connectivity index (χ4v) is 1.42. The third-order valence-corrected chi connectivity index (χ3v) is 2.85. The van der Waals surface area contributed by atoms with Crippen LogP contribution in [0.3, 0.4) is 0 Å². The van der Waals surface area contributed by atoms with Gasteiger partial charge in [0.2, 0.25) is 0 Å². The second-order valence-corrected chi connectivity index (χ2v) is 4.34. The maximum atomic E-state index is 4.33. The zero-order valence-corrected chi connectivity index (χ0v) is 10.4. The van der Waals surface area contributed by atoms with Crippen LogP contribution in [0.1, 0.15) is 25.7 Å². The fraction of sp³-hybridized carbons (Fsp3) is 0.727. The molecule has 0 amide bonds. The van der Waals surface area contributed by atoms with E-state index in [9.17, 15) is 0 Å². The van der Waals surface area contributed by atoms with Gasteiger partial charge in [0.25, 0.3) is 0 Å². The van der Waals surface area contributed by atoms with Crippen LogP contribution in [-0.2, 0) is 7.05 Å². The monoisotopic (exact) mass is 210 g/mol. The van der Waals surface area contributed by atoms with Crippen LogP contribution in [0.25, 0.3) is 0 Å². The van der Waals surface area contributed by atoms with E-state index in [1.165, 1.54) is 0 Å². The maximum Gasteiger partial charge on any atom is 0.125 e. The predicted molar refractivity (Wildman–Crippen MR) is 62.8 cm³/mol. The Balaban J connectivity index is 2.43. The summed E-state index contributed by atoms with van der Waals surface area (Å²) >= 11 is 0. The van der Waals surface area contributed by atoms with Crippen LogP contribution in [0.4, 0.5) is 0 Å². The molecule has 86 valence electrons. The summed E-state index contributed by atoms with van der Waals surface area (Å²) in [6.07, 6.45) is 3.81. The summed E-state index contributed by atoms with van der Waals surface area (Å²) in [5, 5.41) is 3.48. The molecule has 2 atom stereocenters. The number of nitrogens with zero attached hydrogens (tertiary/aromatic N) is 3. The van der Waals surface area contributed by atoms with Crippen molar-refractivity contribution < 1.29 is 0 Å². The van der Waals surface area contributed by atoms with Gasteiger partial charge in [-0.15, -0.1) is 0 Å². The number of imidazole rings is 1. The second kappa shape index (κ2) is 5.28. The van der Waals surface area contributed by atoms with Gasteiger partial charge >= 0.3 is 0 Å². The average molecular weight is 210 g/mol. The standard InChI is InChI=1S/C11H22N4/c1-9(14(3)4)8-13-10(2)11-12-6-7-15(11)5/h6-7,9-10,13H,8H2,1-5H3. The lowest BCUT2D eigenvalue weighted by molar-refractivity contribution is 0.293. The molecule has 0 bridgehead atoms. The van der Waals surface area contributed by atoms with Crippen molar-refractivity contribution in [2.24, 2.45) is 7.05 Å². The maximum absolute atomic E-state index is 4.33. The Labute approximate surface area is 92.3 Å². The molecule has 2 unspecified atom stereocenters. The molecule has 0 aromatic carbocycles. The quantitative estimate of drug-likeness (QED) is 0.787. The summed E-state index contributed by atoms with van der Waals surface area (Å²) in [5.41, 5.74) is 0. The molecule has 4 nitrogen and oxygen atoms in total. The lowest BCUT2D eigenvalue weighted by Gasteiger charge is -2.22. The number of rotatable bonds is 5. The Kier molecular flexibility index (Phi) is 4.29. The molecule has 0 saturated carbocycles. The van der Waals surface area contributed by atoms with Gasteiger partial charge in [-0.3, -0.25) is 0 Å². The van der Waals surface area contributed by atoms with E-state index in [1.54, 1.807) is 0 Å². The van der Waals surface area contributed by atoms with E-state index in [0.29, 0.717) is 12.1 Å². The molecule has 0 saturated heterocycles. The Hall–Kier alpha value is -0.870. The summed E-state index contributed by atoms with van der Waals surface area (Å²) in [5.74, 6) is 1.08. The molecule has 4 heteroatoms. The lowest BCUT2D eigenvalue weighted by atomic mass is 10.2. The average Bonchev–Trinajstić information content (AvgIpc) is 2.60. The van der Waals surface area contributed by atoms with Crippen LogP contribution < -0.4 is 5.32 Å². The van der Waals surface area contributed by atoms with Gasteiger partial charge in [0, 0.05) is 32.0 Å². The summed E-state index contributed by atoms with van der Waals surface area (Å²) in [4.78, 5) is 6.53. The van der Waals surface area contributed by atoms with Crippen molar-refractivity contribution in [1.29, 1.82) is 0 Å². The molecule has 0 radical (unpaired) electrons. The number of likely N-dealkylation sites (N-methyl/N-ethyl adjacent to an activating group) is 1. The van der Waals surface area contributed by atoms with Crippen LogP contribution >= 0.6 is 0 Å². The molecular weight excluding hydrogens is 188 g/mol. The first-order valence-electron chi connectivity index (χ1n) is 5.39. The van der Waals surface area contributed by atoms with Crippen LogP contribution in [-0.4, -0.2) is 41.1 Å². The van der Waals surface area contributed by atoms with Crippen molar-refractivity contribution >= 4 is 0 Å². The zero-order valence-electron chi connectivity index (χ0n) is 10.4. The second-order valence-electron chi connectivity index (χ2n) is 4.34. The topological polar surface area (TPSA) is 33.1 Å². The molecule has 1 aromatic heterocycles. The van der Waals surface area contributed by atoms with E-state index in [2.05, 4.69) is 47.7 Å². The minimum absolute atomic E-state index is 0.299. The Morgan fingerprint density at radius 1 is 1.47 bits per heavy atom. The smallest absolute Gasteiger partial charge is 0.125 e. The minimum atomic E-state index is 0.299. The Morgan fingerprint density at radius 2 is 2.13 bits per heavy atom. The van der Waals surface area contributed by atoms with Crippen molar-refractivity contribution in [3.05, 3.63) is 18.2 Å². The van der Waals surface area contributed by atoms with Crippen LogP contribution in [0.5, 0.6) is 0 Å². The summed E-state index contributed by atoms with van der Waals surface area (Å²) in [6, 6.07) is 0.833. The molecule has 0 spiro atoms. The zero-order chi connectivity index (χ0) is 11.4. The van der Waals surface area contributed by atoms with Crippen molar-refractivity contribution in [2.75, 3.05) is 20.6 Å². The number of hydrogen-bond acceptors (Lipinski definition) is 3. The van der Waals surface area contributed by atoms with Gasteiger partial charge in [-0.2, -0.15) is 0 Å². The molecule has 0 aliphatic carbocycles. The highest BCUT2D eigenvalue weighted by molar-refractivity contribution is 4.97. The van der Waals surface area contributed by atoms with E-state index in [0.717, 1.165) is 12.4 Å². The number of hydrogen-bond donors (Lipinski definition) is 1. The molecule has 15 heavy (non-hydrogen) atoms. The molecule has 1 rings (SSSR count). The Bertz CT molecular complexity index is 293. The van der Waals surface area contributed by atoms with Gasteiger partial charge in [-0.25, -0.2) is 4.98 Å². The molecule has 1 N–H and O–H groups in total. The first kappa shape index (κ1) is 12.2. The fourth-order valence-electron chi connectivity index (χ4n) is 1.42. The third-order valence-electron chi connectivity index (χ3n) is 2.85. The SMILES string of the molecule is CC(NCC(C)N(C)C)c1nccn1C. The first-order chi connectivity index (χ1) is 7.02. The normalized spacial score (nSPS) is 15.6. The highest BCUT2D eigenvalue weighted by Crippen LogP contribution is 2.08.